The van der Waals surface area contributed by atoms with Gasteiger partial charge in [0.05, 0.1) is 18.3 Å². The lowest BCUT2D eigenvalue weighted by Crippen LogP contribution is -2.63. The van der Waals surface area contributed by atoms with Crippen LogP contribution in [0.5, 0.6) is 0 Å². The molecule has 0 bridgehead atoms. The van der Waals surface area contributed by atoms with Crippen molar-refractivity contribution in [3.05, 3.63) is 0 Å². The molecule has 4 rings (SSSR count). The Balaban J connectivity index is 1.22. The van der Waals surface area contributed by atoms with E-state index in [1.165, 1.54) is 161 Å². The Morgan fingerprint density at radius 2 is 1.14 bits per heavy atom. The minimum atomic E-state index is 0.178. The molecule has 58 heavy (non-hydrogen) atoms. The molecule has 0 radical (unpaired) electrons. The lowest BCUT2D eigenvalue weighted by Gasteiger charge is -2.65. The molecule has 4 unspecified atom stereocenters. The highest BCUT2D eigenvalue weighted by Crippen LogP contribution is 2.69. The van der Waals surface area contributed by atoms with Crippen molar-refractivity contribution in [3.63, 3.8) is 0 Å². The van der Waals surface area contributed by atoms with Gasteiger partial charge < -0.3 is 36.7 Å². The van der Waals surface area contributed by atoms with Crippen molar-refractivity contribution in [2.24, 2.45) is 63.5 Å². The number of rotatable bonds is 34. The van der Waals surface area contributed by atoms with Gasteiger partial charge in [0, 0.05) is 25.2 Å². The van der Waals surface area contributed by atoms with Crippen molar-refractivity contribution < 1.29 is 14.2 Å². The Morgan fingerprint density at radius 3 is 1.74 bits per heavy atom. The molecule has 342 valence electrons. The van der Waals surface area contributed by atoms with Crippen LogP contribution in [0.3, 0.4) is 0 Å². The minimum Gasteiger partial charge on any atom is -0.378 e. The van der Waals surface area contributed by atoms with Gasteiger partial charge in [-0.2, -0.15) is 0 Å². The van der Waals surface area contributed by atoms with Crippen LogP contribution in [0.1, 0.15) is 207 Å². The van der Waals surface area contributed by atoms with Gasteiger partial charge in [-0.3, -0.25) is 0 Å². The van der Waals surface area contributed by atoms with Gasteiger partial charge in [0.15, 0.2) is 0 Å². The topological polar surface area (TPSA) is 118 Å². The molecule has 4 aliphatic rings. The molecule has 0 aromatic rings. The third kappa shape index (κ3) is 14.9. The smallest absolute Gasteiger partial charge is 0.0637 e. The quantitative estimate of drug-likeness (QED) is 0.0478. The van der Waals surface area contributed by atoms with Gasteiger partial charge in [0.25, 0.3) is 0 Å². The van der Waals surface area contributed by atoms with E-state index in [1.807, 2.05) is 0 Å². The van der Waals surface area contributed by atoms with E-state index >= 15 is 0 Å². The predicted molar refractivity (Wildman–Crippen MR) is 247 cm³/mol. The third-order valence-corrected chi connectivity index (χ3v) is 16.7. The van der Waals surface area contributed by atoms with Crippen LogP contribution in [0.2, 0.25) is 0 Å². The number of nitrogens with one attached hydrogen (secondary N) is 1. The average molecular weight is 817 g/mol. The predicted octanol–water partition coefficient (Wildman–Crippen LogP) is 11.3. The number of unbranched alkanes of at least 4 members (excludes halogenated alkanes) is 15. The summed E-state index contributed by atoms with van der Waals surface area (Å²) >= 11 is 0. The molecule has 7 nitrogen and oxygen atoms in total. The summed E-state index contributed by atoms with van der Waals surface area (Å²) in [7, 11) is 0. The fourth-order valence-electron chi connectivity index (χ4n) is 13.3. The number of nitrogens with two attached hydrogens (primary N) is 3. The van der Waals surface area contributed by atoms with Crippen molar-refractivity contribution in [1.29, 1.82) is 0 Å². The second kappa shape index (κ2) is 28.4. The molecule has 7 N–H and O–H groups in total. The molecule has 7 heteroatoms. The molecule has 11 atom stereocenters. The number of ether oxygens (including phenoxy) is 3. The highest BCUT2D eigenvalue weighted by molar-refractivity contribution is 5.15. The Bertz CT molecular complexity index is 1030. The maximum atomic E-state index is 7.08. The SMILES string of the molecule is CCCCCCCCCCCCCCCCCCNCCC[C@@H](C)[C@H]1CC[C@H]2C3[C@H](OCCCN)CC4C[C@H](OCCCN)CCC4(C)[C@H]3C[C@H](OCCCN)C12C. The van der Waals surface area contributed by atoms with E-state index in [4.69, 9.17) is 31.4 Å². The van der Waals surface area contributed by atoms with Crippen LogP contribution in [0.15, 0.2) is 0 Å². The normalized spacial score (nSPS) is 32.5. The molecule has 4 fully saturated rings. The van der Waals surface area contributed by atoms with Crippen LogP contribution in [0.4, 0.5) is 0 Å². The van der Waals surface area contributed by atoms with Crippen LogP contribution in [0, 0.1) is 46.3 Å². The van der Waals surface area contributed by atoms with E-state index in [0.29, 0.717) is 78.9 Å². The minimum absolute atomic E-state index is 0.178. The highest BCUT2D eigenvalue weighted by Gasteiger charge is 2.66. The first-order chi connectivity index (χ1) is 28.3. The molecule has 0 aromatic carbocycles. The first-order valence-electron chi connectivity index (χ1n) is 26.0. The maximum Gasteiger partial charge on any atom is 0.0637 e. The summed E-state index contributed by atoms with van der Waals surface area (Å²) in [6.07, 6.45) is 37.9. The molecular weight excluding hydrogens is 717 g/mol. The van der Waals surface area contributed by atoms with E-state index in [1.54, 1.807) is 0 Å². The van der Waals surface area contributed by atoms with Crippen LogP contribution in [-0.4, -0.2) is 70.9 Å². The molecule has 0 saturated heterocycles. The summed E-state index contributed by atoms with van der Waals surface area (Å²) in [4.78, 5) is 0. The van der Waals surface area contributed by atoms with Gasteiger partial charge in [0.1, 0.15) is 0 Å². The van der Waals surface area contributed by atoms with Crippen molar-refractivity contribution in [3.8, 4) is 0 Å². The molecule has 4 saturated carbocycles. The van der Waals surface area contributed by atoms with E-state index < -0.39 is 0 Å². The largest absolute Gasteiger partial charge is 0.378 e. The lowest BCUT2D eigenvalue weighted by molar-refractivity contribution is -0.227. The van der Waals surface area contributed by atoms with Gasteiger partial charge in [-0.05, 0) is 157 Å². The van der Waals surface area contributed by atoms with Crippen molar-refractivity contribution >= 4 is 0 Å². The lowest BCUT2D eigenvalue weighted by atomic mass is 9.43. The average Bonchev–Trinajstić information content (AvgIpc) is 3.58. The maximum absolute atomic E-state index is 7.08. The second-order valence-electron chi connectivity index (χ2n) is 20.6. The fourth-order valence-corrected chi connectivity index (χ4v) is 13.3. The Hall–Kier alpha value is -0.280. The molecule has 0 heterocycles. The molecule has 4 aliphatic carbocycles. The van der Waals surface area contributed by atoms with E-state index in [2.05, 4.69) is 33.0 Å². The monoisotopic (exact) mass is 817 g/mol. The second-order valence-corrected chi connectivity index (χ2v) is 20.6. The zero-order valence-corrected chi connectivity index (χ0v) is 39.1. The van der Waals surface area contributed by atoms with Crippen molar-refractivity contribution in [2.75, 3.05) is 52.5 Å². The molecule has 0 aromatic heterocycles. The number of fused-ring (bicyclic) bond motifs is 5. The third-order valence-electron chi connectivity index (χ3n) is 16.7. The van der Waals surface area contributed by atoms with Gasteiger partial charge >= 0.3 is 0 Å². The molecular formula is C51H100N4O3. The van der Waals surface area contributed by atoms with Gasteiger partial charge in [0.2, 0.25) is 0 Å². The van der Waals surface area contributed by atoms with E-state index in [9.17, 15) is 0 Å². The van der Waals surface area contributed by atoms with Crippen LogP contribution >= 0.6 is 0 Å². The molecule has 0 aliphatic heterocycles. The highest BCUT2D eigenvalue weighted by atomic mass is 16.5. The fraction of sp³-hybridized carbons (Fsp3) is 1.00. The number of hydrogen-bond donors (Lipinski definition) is 4. The molecule has 0 spiro atoms. The summed E-state index contributed by atoms with van der Waals surface area (Å²) < 4.78 is 20.5. The Morgan fingerprint density at radius 1 is 0.586 bits per heavy atom. The zero-order chi connectivity index (χ0) is 41.5. The Kier molecular flexibility index (Phi) is 24.7. The number of hydrogen-bond acceptors (Lipinski definition) is 7. The first kappa shape index (κ1) is 50.4. The summed E-state index contributed by atoms with van der Waals surface area (Å²) in [5, 5.41) is 3.83. The summed E-state index contributed by atoms with van der Waals surface area (Å²) in [6, 6.07) is 0. The first-order valence-corrected chi connectivity index (χ1v) is 26.0. The van der Waals surface area contributed by atoms with E-state index in [-0.39, 0.29) is 5.41 Å². The van der Waals surface area contributed by atoms with Crippen molar-refractivity contribution in [2.45, 2.75) is 226 Å². The zero-order valence-electron chi connectivity index (χ0n) is 39.1. The summed E-state index contributed by atoms with van der Waals surface area (Å²) in [5.74, 6) is 3.91. The van der Waals surface area contributed by atoms with E-state index in [0.717, 1.165) is 52.0 Å². The van der Waals surface area contributed by atoms with Crippen LogP contribution in [-0.2, 0) is 14.2 Å². The van der Waals surface area contributed by atoms with Gasteiger partial charge in [-0.25, -0.2) is 0 Å². The Labute approximate surface area is 360 Å². The molecule has 0 amide bonds. The summed E-state index contributed by atoms with van der Waals surface area (Å²) in [6.45, 7) is 17.0. The standard InChI is InChI=1S/C51H100N4O3/c1-5-6-7-8-9-10-11-12-13-14-15-16-17-18-19-20-33-55-34-21-25-41(2)44-26-27-45-49-46(40-48(51(44,45)4)58-37-24-32-54)50(3)29-28-43(56-35-22-30-52)38-42(50)39-47(49)57-36-23-31-53/h41-49,55H,5-40,52-54H2,1-4H3/t41-,42?,43-,44-,45+,46+,47-,48+,49?,50?,51?/m1/s1. The van der Waals surface area contributed by atoms with Crippen LogP contribution < -0.4 is 22.5 Å². The summed E-state index contributed by atoms with van der Waals surface area (Å²) in [5.41, 5.74) is 18.4. The van der Waals surface area contributed by atoms with Gasteiger partial charge in [-0.15, -0.1) is 0 Å². The van der Waals surface area contributed by atoms with Gasteiger partial charge in [-0.1, -0.05) is 124 Å². The van der Waals surface area contributed by atoms with Crippen molar-refractivity contribution in [1.82, 2.24) is 5.32 Å². The van der Waals surface area contributed by atoms with Crippen LogP contribution in [0.25, 0.3) is 0 Å².